The van der Waals surface area contributed by atoms with Gasteiger partial charge in [0, 0.05) is 17.8 Å². The summed E-state index contributed by atoms with van der Waals surface area (Å²) in [5.74, 6) is 0. The van der Waals surface area contributed by atoms with E-state index < -0.39 is 6.10 Å². The minimum absolute atomic E-state index is 0. The lowest BCUT2D eigenvalue weighted by Gasteiger charge is -2.23. The van der Waals surface area contributed by atoms with Crippen molar-refractivity contribution in [1.82, 2.24) is 5.32 Å². The molecule has 3 nitrogen and oxygen atoms in total. The van der Waals surface area contributed by atoms with E-state index in [-0.39, 0.29) is 17.9 Å². The van der Waals surface area contributed by atoms with E-state index in [4.69, 9.17) is 5.73 Å². The van der Waals surface area contributed by atoms with Gasteiger partial charge < -0.3 is 16.2 Å². The average molecular weight is 245 g/mol. The normalized spacial score (nSPS) is 13.0. The standard InChI is InChI=1S/C12H20N2O.ClH/c1-12(2,3)14-8-11(15)9-4-6-10(13)7-5-9;/h4-7,11,14-15H,8,13H2,1-3H3;1H. The quantitative estimate of drug-likeness (QED) is 0.714. The number of anilines is 1. The van der Waals surface area contributed by atoms with E-state index in [1.165, 1.54) is 0 Å². The van der Waals surface area contributed by atoms with Crippen molar-refractivity contribution in [2.24, 2.45) is 0 Å². The first-order valence-electron chi connectivity index (χ1n) is 5.17. The fourth-order valence-electron chi connectivity index (χ4n) is 1.24. The molecular formula is C12H21ClN2O. The van der Waals surface area contributed by atoms with E-state index in [0.29, 0.717) is 6.54 Å². The van der Waals surface area contributed by atoms with Crippen molar-refractivity contribution < 1.29 is 5.11 Å². The van der Waals surface area contributed by atoms with Crippen molar-refractivity contribution >= 4 is 18.1 Å². The van der Waals surface area contributed by atoms with E-state index >= 15 is 0 Å². The molecule has 0 spiro atoms. The van der Waals surface area contributed by atoms with E-state index in [0.717, 1.165) is 11.3 Å². The topological polar surface area (TPSA) is 58.3 Å². The van der Waals surface area contributed by atoms with Gasteiger partial charge in [-0.1, -0.05) is 12.1 Å². The number of aliphatic hydroxyl groups is 1. The number of nitrogens with two attached hydrogens (primary N) is 1. The molecule has 4 N–H and O–H groups in total. The second-order valence-electron chi connectivity index (χ2n) is 4.81. The molecule has 0 saturated heterocycles. The second-order valence-corrected chi connectivity index (χ2v) is 4.81. The van der Waals surface area contributed by atoms with Gasteiger partial charge in [-0.25, -0.2) is 0 Å². The molecule has 0 radical (unpaired) electrons. The highest BCUT2D eigenvalue weighted by molar-refractivity contribution is 5.85. The molecule has 1 aromatic rings. The first-order chi connectivity index (χ1) is 6.88. The maximum absolute atomic E-state index is 9.87. The number of hydrogen-bond acceptors (Lipinski definition) is 3. The van der Waals surface area contributed by atoms with Crippen molar-refractivity contribution in [3.63, 3.8) is 0 Å². The van der Waals surface area contributed by atoms with Crippen molar-refractivity contribution in [3.05, 3.63) is 29.8 Å². The summed E-state index contributed by atoms with van der Waals surface area (Å²) in [7, 11) is 0. The highest BCUT2D eigenvalue weighted by Crippen LogP contribution is 2.14. The van der Waals surface area contributed by atoms with Gasteiger partial charge in [-0.15, -0.1) is 12.4 Å². The molecule has 1 atom stereocenters. The zero-order valence-electron chi connectivity index (χ0n) is 10.0. The molecule has 1 rings (SSSR count). The zero-order valence-corrected chi connectivity index (χ0v) is 10.8. The van der Waals surface area contributed by atoms with Crippen LogP contribution in [0.1, 0.15) is 32.4 Å². The molecule has 0 aliphatic heterocycles. The van der Waals surface area contributed by atoms with Crippen LogP contribution in [0.5, 0.6) is 0 Å². The molecule has 0 saturated carbocycles. The van der Waals surface area contributed by atoms with E-state index in [9.17, 15) is 5.11 Å². The molecule has 0 aromatic heterocycles. The van der Waals surface area contributed by atoms with Crippen LogP contribution in [0.2, 0.25) is 0 Å². The number of nitrogens with one attached hydrogen (secondary N) is 1. The average Bonchev–Trinajstić information content (AvgIpc) is 2.14. The number of hydrogen-bond donors (Lipinski definition) is 3. The lowest BCUT2D eigenvalue weighted by molar-refractivity contribution is 0.163. The minimum atomic E-state index is -0.482. The fourth-order valence-corrected chi connectivity index (χ4v) is 1.24. The largest absolute Gasteiger partial charge is 0.399 e. The van der Waals surface area contributed by atoms with Gasteiger partial charge in [-0.3, -0.25) is 0 Å². The molecule has 1 aromatic carbocycles. The predicted octanol–water partition coefficient (Wildman–Crippen LogP) is 2.11. The van der Waals surface area contributed by atoms with Crippen LogP contribution in [-0.4, -0.2) is 17.2 Å². The Hall–Kier alpha value is -0.770. The summed E-state index contributed by atoms with van der Waals surface area (Å²) in [5, 5.41) is 13.1. The minimum Gasteiger partial charge on any atom is -0.399 e. The number of β-amino-alcohol motifs (C(OH)–C–C–N with tert-alkyl or cyclic N) is 1. The Kier molecular flexibility index (Phi) is 5.79. The third-order valence-electron chi connectivity index (χ3n) is 2.15. The Morgan fingerprint density at radius 3 is 2.19 bits per heavy atom. The summed E-state index contributed by atoms with van der Waals surface area (Å²) in [4.78, 5) is 0. The Labute approximate surface area is 103 Å². The van der Waals surface area contributed by atoms with Gasteiger partial charge in [0.05, 0.1) is 6.10 Å². The van der Waals surface area contributed by atoms with Crippen LogP contribution in [0.3, 0.4) is 0 Å². The molecule has 0 bridgehead atoms. The van der Waals surface area contributed by atoms with Crippen LogP contribution in [0.15, 0.2) is 24.3 Å². The number of halogens is 1. The summed E-state index contributed by atoms with van der Waals surface area (Å²) >= 11 is 0. The highest BCUT2D eigenvalue weighted by atomic mass is 35.5. The summed E-state index contributed by atoms with van der Waals surface area (Å²) in [6.45, 7) is 6.77. The molecule has 1 unspecified atom stereocenters. The van der Waals surface area contributed by atoms with Gasteiger partial charge in [0.25, 0.3) is 0 Å². The highest BCUT2D eigenvalue weighted by Gasteiger charge is 2.13. The molecule has 0 aliphatic carbocycles. The smallest absolute Gasteiger partial charge is 0.0914 e. The molecule has 0 fully saturated rings. The van der Waals surface area contributed by atoms with Crippen molar-refractivity contribution in [1.29, 1.82) is 0 Å². The summed E-state index contributed by atoms with van der Waals surface area (Å²) < 4.78 is 0. The molecule has 0 heterocycles. The molecule has 0 amide bonds. The van der Waals surface area contributed by atoms with Gasteiger partial charge in [-0.05, 0) is 38.5 Å². The van der Waals surface area contributed by atoms with E-state index in [1.807, 2.05) is 12.1 Å². The zero-order chi connectivity index (χ0) is 11.5. The Bertz CT molecular complexity index is 306. The molecule has 4 heteroatoms. The Morgan fingerprint density at radius 2 is 1.75 bits per heavy atom. The Balaban J connectivity index is 0.00000225. The first-order valence-corrected chi connectivity index (χ1v) is 5.17. The SMILES string of the molecule is CC(C)(C)NCC(O)c1ccc(N)cc1.Cl. The Morgan fingerprint density at radius 1 is 1.25 bits per heavy atom. The van der Waals surface area contributed by atoms with Gasteiger partial charge in [0.2, 0.25) is 0 Å². The monoisotopic (exact) mass is 244 g/mol. The van der Waals surface area contributed by atoms with Gasteiger partial charge in [-0.2, -0.15) is 0 Å². The fraction of sp³-hybridized carbons (Fsp3) is 0.500. The lowest BCUT2D eigenvalue weighted by atomic mass is 10.1. The number of benzene rings is 1. The van der Waals surface area contributed by atoms with Crippen molar-refractivity contribution in [2.75, 3.05) is 12.3 Å². The summed E-state index contributed by atoms with van der Waals surface area (Å²) in [5.41, 5.74) is 7.20. The molecule has 16 heavy (non-hydrogen) atoms. The summed E-state index contributed by atoms with van der Waals surface area (Å²) in [6.07, 6.45) is -0.482. The van der Waals surface area contributed by atoms with Crippen LogP contribution >= 0.6 is 12.4 Å². The third kappa shape index (κ3) is 5.35. The molecule has 0 aliphatic rings. The van der Waals surface area contributed by atoms with Crippen LogP contribution < -0.4 is 11.1 Å². The molecular weight excluding hydrogens is 224 g/mol. The maximum atomic E-state index is 9.87. The predicted molar refractivity (Wildman–Crippen MR) is 70.8 cm³/mol. The maximum Gasteiger partial charge on any atom is 0.0914 e. The third-order valence-corrected chi connectivity index (χ3v) is 2.15. The number of aliphatic hydroxyl groups excluding tert-OH is 1. The molecule has 92 valence electrons. The van der Waals surface area contributed by atoms with Gasteiger partial charge in [0.15, 0.2) is 0 Å². The van der Waals surface area contributed by atoms with Crippen LogP contribution in [0, 0.1) is 0 Å². The van der Waals surface area contributed by atoms with Crippen molar-refractivity contribution in [2.45, 2.75) is 32.4 Å². The second kappa shape index (κ2) is 6.09. The van der Waals surface area contributed by atoms with Crippen molar-refractivity contribution in [3.8, 4) is 0 Å². The lowest BCUT2D eigenvalue weighted by Crippen LogP contribution is -2.38. The van der Waals surface area contributed by atoms with Gasteiger partial charge in [0.1, 0.15) is 0 Å². The van der Waals surface area contributed by atoms with Crippen LogP contribution in [0.4, 0.5) is 5.69 Å². The van der Waals surface area contributed by atoms with Gasteiger partial charge >= 0.3 is 0 Å². The first kappa shape index (κ1) is 15.2. The van der Waals surface area contributed by atoms with E-state index in [1.54, 1.807) is 12.1 Å². The van der Waals surface area contributed by atoms with E-state index in [2.05, 4.69) is 26.1 Å². The van der Waals surface area contributed by atoms with Crippen LogP contribution in [0.25, 0.3) is 0 Å². The number of rotatable bonds is 3. The number of nitrogen functional groups attached to an aromatic ring is 1. The summed E-state index contributed by atoms with van der Waals surface area (Å²) in [6, 6.07) is 7.31. The van der Waals surface area contributed by atoms with Crippen LogP contribution in [-0.2, 0) is 0 Å².